The summed E-state index contributed by atoms with van der Waals surface area (Å²) >= 11 is 0. The summed E-state index contributed by atoms with van der Waals surface area (Å²) in [6.07, 6.45) is 90.5. The van der Waals surface area contributed by atoms with E-state index in [4.69, 9.17) is 4.74 Å². The van der Waals surface area contributed by atoms with Gasteiger partial charge in [0, 0.05) is 12.8 Å². The van der Waals surface area contributed by atoms with Crippen LogP contribution in [-0.4, -0.2) is 47.4 Å². The number of amides is 1. The second-order valence-electron chi connectivity index (χ2n) is 24.6. The summed E-state index contributed by atoms with van der Waals surface area (Å²) in [5.74, 6) is -0.0552. The molecule has 0 aliphatic carbocycles. The van der Waals surface area contributed by atoms with Crippen LogP contribution in [0.2, 0.25) is 0 Å². The number of unbranched alkanes of at least 4 members (excludes halogenated alkanes) is 50. The van der Waals surface area contributed by atoms with Gasteiger partial charge in [-0.05, 0) is 89.9 Å². The third-order valence-corrected chi connectivity index (χ3v) is 16.6. The fraction of sp³-hybridized carbons (Fsp3) is 0.865. The molecule has 80 heavy (non-hydrogen) atoms. The Kier molecular flexibility index (Phi) is 67.4. The van der Waals surface area contributed by atoms with Gasteiger partial charge in [0.25, 0.3) is 0 Å². The Morgan fingerprint density at radius 2 is 0.625 bits per heavy atom. The van der Waals surface area contributed by atoms with E-state index in [1.165, 1.54) is 308 Å². The molecule has 1 amide bonds. The summed E-state index contributed by atoms with van der Waals surface area (Å²) in [4.78, 5) is 24.6. The van der Waals surface area contributed by atoms with Crippen LogP contribution >= 0.6 is 0 Å². The van der Waals surface area contributed by atoms with Gasteiger partial charge in [-0.25, -0.2) is 0 Å². The Balaban J connectivity index is 3.38. The number of allylic oxidation sites excluding steroid dienone is 7. The number of ether oxygens (including phenoxy) is 1. The van der Waals surface area contributed by atoms with Crippen LogP contribution in [0.1, 0.15) is 386 Å². The van der Waals surface area contributed by atoms with Crippen LogP contribution in [0, 0.1) is 0 Å². The van der Waals surface area contributed by atoms with Crippen molar-refractivity contribution in [1.82, 2.24) is 5.32 Å². The van der Waals surface area contributed by atoms with E-state index in [2.05, 4.69) is 55.6 Å². The van der Waals surface area contributed by atoms with Crippen molar-refractivity contribution in [2.24, 2.45) is 0 Å². The molecule has 0 aromatic heterocycles. The van der Waals surface area contributed by atoms with Gasteiger partial charge in [-0.15, -0.1) is 0 Å². The molecule has 0 saturated carbocycles. The molecule has 0 aliphatic heterocycles. The van der Waals surface area contributed by atoms with Gasteiger partial charge >= 0.3 is 5.97 Å². The minimum Gasteiger partial charge on any atom is -0.466 e. The van der Waals surface area contributed by atoms with Gasteiger partial charge in [0.1, 0.15) is 0 Å². The molecule has 2 unspecified atom stereocenters. The molecule has 0 aromatic rings. The van der Waals surface area contributed by atoms with Crippen molar-refractivity contribution in [3.8, 4) is 0 Å². The lowest BCUT2D eigenvalue weighted by Crippen LogP contribution is -2.45. The molecule has 2 atom stereocenters. The molecule has 0 bridgehead atoms. The molecular formula is C74H139NO5. The second kappa shape index (κ2) is 69.3. The monoisotopic (exact) mass is 1120 g/mol. The molecule has 0 aliphatic rings. The first kappa shape index (κ1) is 77.8. The van der Waals surface area contributed by atoms with Crippen LogP contribution in [-0.2, 0) is 14.3 Å². The second-order valence-corrected chi connectivity index (χ2v) is 24.6. The molecule has 0 radical (unpaired) electrons. The summed E-state index contributed by atoms with van der Waals surface area (Å²) in [7, 11) is 0. The summed E-state index contributed by atoms with van der Waals surface area (Å²) in [5, 5.41) is 23.2. The van der Waals surface area contributed by atoms with Crippen molar-refractivity contribution in [1.29, 1.82) is 0 Å². The van der Waals surface area contributed by atoms with Crippen molar-refractivity contribution in [2.45, 2.75) is 398 Å². The van der Waals surface area contributed by atoms with Gasteiger partial charge in [-0.1, -0.05) is 332 Å². The smallest absolute Gasteiger partial charge is 0.305 e. The quantitative estimate of drug-likeness (QED) is 0.0320. The molecule has 0 rings (SSSR count). The molecule has 6 heteroatoms. The first-order chi connectivity index (χ1) is 39.5. The van der Waals surface area contributed by atoms with E-state index in [0.29, 0.717) is 19.4 Å². The lowest BCUT2D eigenvalue weighted by atomic mass is 10.0. The first-order valence-corrected chi connectivity index (χ1v) is 35.9. The number of esters is 1. The number of carbonyl (C=O) groups excluding carboxylic acids is 2. The van der Waals surface area contributed by atoms with Crippen LogP contribution in [0.5, 0.6) is 0 Å². The Labute approximate surface area is 499 Å². The van der Waals surface area contributed by atoms with Gasteiger partial charge in [0.05, 0.1) is 25.4 Å². The van der Waals surface area contributed by atoms with Crippen LogP contribution in [0.3, 0.4) is 0 Å². The van der Waals surface area contributed by atoms with Crippen LogP contribution in [0.25, 0.3) is 0 Å². The lowest BCUT2D eigenvalue weighted by molar-refractivity contribution is -0.143. The Hall–Kier alpha value is -2.18. The molecule has 3 N–H and O–H groups in total. The van der Waals surface area contributed by atoms with Gasteiger partial charge in [-0.3, -0.25) is 9.59 Å². The maximum atomic E-state index is 12.5. The maximum absolute atomic E-state index is 12.5. The number of aliphatic hydroxyl groups is 2. The normalized spacial score (nSPS) is 12.8. The van der Waals surface area contributed by atoms with E-state index < -0.39 is 12.1 Å². The topological polar surface area (TPSA) is 95.9 Å². The van der Waals surface area contributed by atoms with Gasteiger partial charge in [-0.2, -0.15) is 0 Å². The predicted molar refractivity (Wildman–Crippen MR) is 352 cm³/mol. The zero-order valence-corrected chi connectivity index (χ0v) is 53.8. The Morgan fingerprint density at radius 1 is 0.350 bits per heavy atom. The first-order valence-electron chi connectivity index (χ1n) is 35.9. The fourth-order valence-corrected chi connectivity index (χ4v) is 11.1. The zero-order chi connectivity index (χ0) is 57.8. The zero-order valence-electron chi connectivity index (χ0n) is 53.8. The summed E-state index contributed by atoms with van der Waals surface area (Å²) in [5.41, 5.74) is 0. The van der Waals surface area contributed by atoms with E-state index in [9.17, 15) is 19.8 Å². The van der Waals surface area contributed by atoms with Gasteiger partial charge in [0.2, 0.25) is 5.91 Å². The lowest BCUT2D eigenvalue weighted by Gasteiger charge is -2.20. The third-order valence-electron chi connectivity index (χ3n) is 16.6. The van der Waals surface area contributed by atoms with Gasteiger partial charge in [0.15, 0.2) is 0 Å². The average molecular weight is 1120 g/mol. The number of nitrogens with one attached hydrogen (secondary N) is 1. The standard InChI is InChI=1S/C74H139NO5/c1-3-5-7-9-11-13-15-17-19-20-36-40-44-48-52-56-60-64-68-74(79)80-69-65-61-57-53-49-45-41-37-34-32-30-28-26-24-22-21-23-25-27-29-31-33-35-39-43-47-51-55-59-63-67-73(78)75-71(70-76)72(77)66-62-58-54-50-46-42-38-18-16-14-12-10-8-6-4-2/h13,15,19-20,22,24,62,66,71-72,76-77H,3-12,14,16-18,21,23,25-61,63-65,67-70H2,1-2H3,(H,75,78)/b15-13-,20-19-,24-22-,66-62+. The Morgan fingerprint density at radius 3 is 0.975 bits per heavy atom. The van der Waals surface area contributed by atoms with Crippen molar-refractivity contribution in [3.63, 3.8) is 0 Å². The van der Waals surface area contributed by atoms with E-state index in [1.54, 1.807) is 6.08 Å². The third kappa shape index (κ3) is 65.0. The van der Waals surface area contributed by atoms with Crippen LogP contribution < -0.4 is 5.32 Å². The number of hydrogen-bond donors (Lipinski definition) is 3. The maximum Gasteiger partial charge on any atom is 0.305 e. The highest BCUT2D eigenvalue weighted by atomic mass is 16.5. The molecule has 0 heterocycles. The van der Waals surface area contributed by atoms with Crippen molar-refractivity contribution >= 4 is 11.9 Å². The largest absolute Gasteiger partial charge is 0.466 e. The van der Waals surface area contributed by atoms with Crippen LogP contribution in [0.4, 0.5) is 0 Å². The van der Waals surface area contributed by atoms with E-state index in [0.717, 1.165) is 51.4 Å². The molecule has 6 nitrogen and oxygen atoms in total. The highest BCUT2D eigenvalue weighted by Crippen LogP contribution is 2.18. The molecule has 0 aromatic carbocycles. The molecule has 0 saturated heterocycles. The van der Waals surface area contributed by atoms with Crippen molar-refractivity contribution < 1.29 is 24.5 Å². The fourth-order valence-electron chi connectivity index (χ4n) is 11.1. The highest BCUT2D eigenvalue weighted by molar-refractivity contribution is 5.76. The van der Waals surface area contributed by atoms with Gasteiger partial charge < -0.3 is 20.3 Å². The Bertz CT molecular complexity index is 1340. The van der Waals surface area contributed by atoms with Crippen LogP contribution in [0.15, 0.2) is 48.6 Å². The van der Waals surface area contributed by atoms with E-state index in [1.807, 2.05) is 6.08 Å². The SMILES string of the molecule is CCCCCC/C=C\C/C=C\CCCCCCCCCC(=O)OCCCCCCCCCCCCCC/C=C\CCCCCCCCCCCCCCCCC(=O)NC(CO)C(O)/C=C/CCCCCCCCCCCCCCC. The molecule has 470 valence electrons. The van der Waals surface area contributed by atoms with E-state index in [-0.39, 0.29) is 18.5 Å². The number of carbonyl (C=O) groups is 2. The number of aliphatic hydroxyl groups excluding tert-OH is 2. The highest BCUT2D eigenvalue weighted by Gasteiger charge is 2.18. The summed E-state index contributed by atoms with van der Waals surface area (Å²) < 4.78 is 5.50. The van der Waals surface area contributed by atoms with E-state index >= 15 is 0 Å². The summed E-state index contributed by atoms with van der Waals surface area (Å²) in [6.45, 7) is 4.91. The minimum atomic E-state index is -0.844. The van der Waals surface area contributed by atoms with Crippen molar-refractivity contribution in [2.75, 3.05) is 13.2 Å². The molecular weight excluding hydrogens is 983 g/mol. The summed E-state index contributed by atoms with van der Waals surface area (Å²) in [6, 6.07) is -0.627. The molecule has 0 fully saturated rings. The number of rotatable bonds is 67. The predicted octanol–water partition coefficient (Wildman–Crippen LogP) is 23.3. The number of hydrogen-bond acceptors (Lipinski definition) is 5. The molecule has 0 spiro atoms. The minimum absolute atomic E-state index is 0.00960. The average Bonchev–Trinajstić information content (AvgIpc) is 3.46. The van der Waals surface area contributed by atoms with Crippen molar-refractivity contribution in [3.05, 3.63) is 48.6 Å².